The summed E-state index contributed by atoms with van der Waals surface area (Å²) in [6.45, 7) is 0. The van der Waals surface area contributed by atoms with Gasteiger partial charge in [-0.25, -0.2) is 8.42 Å². The van der Waals surface area contributed by atoms with E-state index in [1.54, 1.807) is 30.3 Å². The van der Waals surface area contributed by atoms with Gasteiger partial charge in [0.05, 0.1) is 12.0 Å². The van der Waals surface area contributed by atoms with E-state index in [2.05, 4.69) is 20.7 Å². The van der Waals surface area contributed by atoms with Gasteiger partial charge in [-0.2, -0.15) is 4.72 Å². The Morgan fingerprint density at radius 2 is 1.70 bits per heavy atom. The van der Waals surface area contributed by atoms with E-state index in [-0.39, 0.29) is 21.4 Å². The zero-order valence-electron chi connectivity index (χ0n) is 15.2. The van der Waals surface area contributed by atoms with Crippen molar-refractivity contribution in [3.8, 4) is 0 Å². The summed E-state index contributed by atoms with van der Waals surface area (Å²) in [5.41, 5.74) is 1.19. The molecule has 9 nitrogen and oxygen atoms in total. The van der Waals surface area contributed by atoms with E-state index >= 15 is 0 Å². The first-order chi connectivity index (χ1) is 14.3. The first kappa shape index (κ1) is 20.0. The van der Waals surface area contributed by atoms with E-state index in [1.165, 1.54) is 30.5 Å². The third kappa shape index (κ3) is 4.15. The number of furan rings is 1. The molecular weight excluding hydrogens is 432 g/mol. The zero-order valence-corrected chi connectivity index (χ0v) is 16.8. The molecule has 0 saturated carbocycles. The lowest BCUT2D eigenvalue weighted by atomic mass is 10.2. The van der Waals surface area contributed by atoms with Crippen LogP contribution in [0, 0.1) is 0 Å². The minimum atomic E-state index is -3.91. The summed E-state index contributed by atoms with van der Waals surface area (Å²) in [5.74, 6) is -0.840. The molecule has 0 saturated heterocycles. The average Bonchev–Trinajstić information content (AvgIpc) is 3.24. The molecular formula is C19H15ClN4O5S. The van der Waals surface area contributed by atoms with Crippen LogP contribution in [0.5, 0.6) is 0 Å². The fraction of sp³-hybridized carbons (Fsp3) is 0.0526. The van der Waals surface area contributed by atoms with Crippen LogP contribution in [-0.2, 0) is 14.8 Å². The van der Waals surface area contributed by atoms with Gasteiger partial charge in [0.15, 0.2) is 11.9 Å². The number of hydrogen-bond donors (Lipinski definition) is 4. The quantitative estimate of drug-likeness (QED) is 0.487. The minimum Gasteiger partial charge on any atom is -0.459 e. The van der Waals surface area contributed by atoms with Crippen molar-refractivity contribution in [1.29, 1.82) is 0 Å². The van der Waals surface area contributed by atoms with Gasteiger partial charge >= 0.3 is 0 Å². The molecule has 1 aliphatic heterocycles. The first-order valence-electron chi connectivity index (χ1n) is 8.66. The number of carbonyl (C=O) groups excluding carboxylic acids is 2. The summed E-state index contributed by atoms with van der Waals surface area (Å²) >= 11 is 5.85. The number of anilines is 3. The summed E-state index contributed by atoms with van der Waals surface area (Å²) in [5, 5.41) is 8.36. The van der Waals surface area contributed by atoms with E-state index in [9.17, 15) is 18.0 Å². The van der Waals surface area contributed by atoms with Crippen LogP contribution in [0.25, 0.3) is 0 Å². The van der Waals surface area contributed by atoms with Gasteiger partial charge in [-0.05, 0) is 54.6 Å². The molecule has 0 aliphatic carbocycles. The molecule has 0 unspecified atom stereocenters. The molecule has 0 spiro atoms. The summed E-state index contributed by atoms with van der Waals surface area (Å²) in [4.78, 5) is 24.5. The monoisotopic (exact) mass is 446 g/mol. The highest BCUT2D eigenvalue weighted by Crippen LogP contribution is 2.29. The maximum absolute atomic E-state index is 12.5. The Kier molecular flexibility index (Phi) is 5.20. The third-order valence-electron chi connectivity index (χ3n) is 4.22. The lowest BCUT2D eigenvalue weighted by Crippen LogP contribution is -2.51. The van der Waals surface area contributed by atoms with Gasteiger partial charge in [0, 0.05) is 16.4 Å². The molecule has 4 rings (SSSR count). The summed E-state index contributed by atoms with van der Waals surface area (Å²) in [7, 11) is -3.91. The van der Waals surface area contributed by atoms with Crippen LogP contribution in [0.15, 0.2) is 70.2 Å². The first-order valence-corrected chi connectivity index (χ1v) is 10.5. The normalized spacial score (nSPS) is 16.8. The number of sulfonamides is 1. The maximum Gasteiger partial charge on any atom is 0.291 e. The largest absolute Gasteiger partial charge is 0.459 e. The molecule has 2 heterocycles. The Morgan fingerprint density at radius 1 is 1.00 bits per heavy atom. The van der Waals surface area contributed by atoms with Gasteiger partial charge in [-0.3, -0.25) is 9.59 Å². The van der Waals surface area contributed by atoms with Gasteiger partial charge in [-0.1, -0.05) is 11.6 Å². The van der Waals surface area contributed by atoms with Gasteiger partial charge in [0.25, 0.3) is 11.8 Å². The Balaban J connectivity index is 1.43. The topological polar surface area (TPSA) is 130 Å². The van der Waals surface area contributed by atoms with Crippen molar-refractivity contribution in [3.05, 3.63) is 71.6 Å². The predicted molar refractivity (Wildman–Crippen MR) is 111 cm³/mol. The summed E-state index contributed by atoms with van der Waals surface area (Å²) in [6.07, 6.45) is 0.190. The van der Waals surface area contributed by atoms with Crippen molar-refractivity contribution < 1.29 is 22.4 Å². The second-order valence-corrected chi connectivity index (χ2v) is 8.46. The highest BCUT2D eigenvalue weighted by molar-refractivity contribution is 7.89. The molecule has 2 amide bonds. The molecule has 0 fully saturated rings. The predicted octanol–water partition coefficient (Wildman–Crippen LogP) is 2.85. The number of amides is 2. The number of fused-ring (bicyclic) bond motifs is 1. The lowest BCUT2D eigenvalue weighted by molar-refractivity contribution is -0.117. The Bertz CT molecular complexity index is 1210. The van der Waals surface area contributed by atoms with Crippen molar-refractivity contribution in [2.75, 3.05) is 16.0 Å². The van der Waals surface area contributed by atoms with E-state index in [0.29, 0.717) is 11.4 Å². The lowest BCUT2D eigenvalue weighted by Gasteiger charge is -2.27. The van der Waals surface area contributed by atoms with Crippen LogP contribution in [0.2, 0.25) is 5.02 Å². The summed E-state index contributed by atoms with van der Waals surface area (Å²) in [6, 6.07) is 13.8. The highest BCUT2D eigenvalue weighted by atomic mass is 35.5. The van der Waals surface area contributed by atoms with Crippen molar-refractivity contribution in [1.82, 2.24) is 4.72 Å². The number of nitrogens with one attached hydrogen (secondary N) is 4. The fourth-order valence-electron chi connectivity index (χ4n) is 2.81. The van der Waals surface area contributed by atoms with Gasteiger partial charge in [-0.15, -0.1) is 0 Å². The van der Waals surface area contributed by atoms with E-state index in [0.717, 1.165) is 0 Å². The Labute approximate surface area is 176 Å². The van der Waals surface area contributed by atoms with Crippen LogP contribution in [0.1, 0.15) is 10.6 Å². The highest BCUT2D eigenvalue weighted by Gasteiger charge is 2.33. The number of carbonyl (C=O) groups is 2. The fourth-order valence-corrected chi connectivity index (χ4v) is 4.35. The molecule has 2 aromatic carbocycles. The van der Waals surface area contributed by atoms with Crippen LogP contribution < -0.4 is 20.7 Å². The van der Waals surface area contributed by atoms with Crippen LogP contribution in [0.4, 0.5) is 17.1 Å². The molecule has 154 valence electrons. The molecule has 11 heteroatoms. The van der Waals surface area contributed by atoms with Crippen molar-refractivity contribution in [3.63, 3.8) is 0 Å². The summed E-state index contributed by atoms with van der Waals surface area (Å²) < 4.78 is 32.1. The van der Waals surface area contributed by atoms with E-state index in [1.807, 2.05) is 0 Å². The van der Waals surface area contributed by atoms with Crippen molar-refractivity contribution >= 4 is 50.5 Å². The van der Waals surface area contributed by atoms with E-state index < -0.39 is 28.0 Å². The molecule has 4 N–H and O–H groups in total. The molecule has 1 aliphatic rings. The molecule has 30 heavy (non-hydrogen) atoms. The van der Waals surface area contributed by atoms with Gasteiger partial charge in [0.1, 0.15) is 4.90 Å². The van der Waals surface area contributed by atoms with Crippen LogP contribution >= 0.6 is 11.6 Å². The molecule has 0 bridgehead atoms. The van der Waals surface area contributed by atoms with Crippen molar-refractivity contribution in [2.45, 2.75) is 11.1 Å². The standard InChI is InChI=1S/C19H15ClN4O5S/c20-11-3-8-14-16(10-11)30(27,28)24-17(23-14)19(26)22-13-6-4-12(5-7-13)21-18(25)15-2-1-9-29-15/h1-10,17,23-24H,(H,21,25)(H,22,26)/t17-/m0/s1. The number of benzene rings is 2. The second-order valence-electron chi connectivity index (χ2n) is 6.34. The van der Waals surface area contributed by atoms with Crippen molar-refractivity contribution in [2.24, 2.45) is 0 Å². The smallest absolute Gasteiger partial charge is 0.291 e. The molecule has 1 aromatic heterocycles. The van der Waals surface area contributed by atoms with Crippen LogP contribution in [0.3, 0.4) is 0 Å². The molecule has 0 radical (unpaired) electrons. The zero-order chi connectivity index (χ0) is 21.3. The Morgan fingerprint density at radius 3 is 2.37 bits per heavy atom. The SMILES string of the molecule is O=C(Nc1ccc(NC(=O)[C@H]2Nc3ccc(Cl)cc3S(=O)(=O)N2)cc1)c1ccco1. The number of halogens is 1. The maximum atomic E-state index is 12.5. The average molecular weight is 447 g/mol. The molecule has 3 aromatic rings. The number of rotatable bonds is 4. The van der Waals surface area contributed by atoms with Gasteiger partial charge < -0.3 is 20.4 Å². The van der Waals surface area contributed by atoms with Crippen LogP contribution in [-0.4, -0.2) is 26.4 Å². The third-order valence-corrected chi connectivity index (χ3v) is 5.92. The Hall–Kier alpha value is -3.34. The number of hydrogen-bond acceptors (Lipinski definition) is 6. The second kappa shape index (κ2) is 7.82. The van der Waals surface area contributed by atoms with E-state index in [4.69, 9.17) is 16.0 Å². The molecule has 1 atom stereocenters. The van der Waals surface area contributed by atoms with Gasteiger partial charge in [0.2, 0.25) is 10.0 Å². The minimum absolute atomic E-state index is 0.0318.